The summed E-state index contributed by atoms with van der Waals surface area (Å²) in [7, 11) is 0. The number of piperidine rings is 1. The first-order valence-corrected chi connectivity index (χ1v) is 10.8. The van der Waals surface area contributed by atoms with E-state index in [-0.39, 0.29) is 0 Å². The number of rotatable bonds is 3. The fourth-order valence-corrected chi connectivity index (χ4v) is 6.15. The van der Waals surface area contributed by atoms with Crippen LogP contribution in [0.2, 0.25) is 0 Å². The molecule has 3 fully saturated rings. The van der Waals surface area contributed by atoms with Gasteiger partial charge >= 0.3 is 0 Å². The minimum Gasteiger partial charge on any atom is -0.313 e. The predicted octanol–water partition coefficient (Wildman–Crippen LogP) is 4.66. The highest BCUT2D eigenvalue weighted by atomic mass is 15.1. The van der Waals surface area contributed by atoms with Crippen LogP contribution < -0.4 is 10.6 Å². The predicted molar refractivity (Wildman–Crippen MR) is 102 cm³/mol. The molecule has 2 nitrogen and oxygen atoms in total. The number of fused-ring (bicyclic) bond motifs is 2. The molecule has 0 radical (unpaired) electrons. The van der Waals surface area contributed by atoms with E-state index >= 15 is 0 Å². The summed E-state index contributed by atoms with van der Waals surface area (Å²) in [6, 6.07) is 2.18. The largest absolute Gasteiger partial charge is 0.313 e. The topological polar surface area (TPSA) is 24.1 Å². The summed E-state index contributed by atoms with van der Waals surface area (Å²) < 4.78 is 0. The van der Waals surface area contributed by atoms with E-state index in [2.05, 4.69) is 36.6 Å². The van der Waals surface area contributed by atoms with E-state index < -0.39 is 0 Å². The lowest BCUT2D eigenvalue weighted by Gasteiger charge is -2.53. The van der Waals surface area contributed by atoms with E-state index in [0.717, 1.165) is 23.9 Å². The first kappa shape index (κ1) is 17.1. The summed E-state index contributed by atoms with van der Waals surface area (Å²) in [4.78, 5) is 0. The van der Waals surface area contributed by atoms with Crippen LogP contribution in [0.15, 0.2) is 12.2 Å². The van der Waals surface area contributed by atoms with Gasteiger partial charge in [-0.3, -0.25) is 0 Å². The monoisotopic (exact) mass is 330 g/mol. The lowest BCUT2D eigenvalue weighted by Crippen LogP contribution is -2.65. The van der Waals surface area contributed by atoms with Gasteiger partial charge in [-0.05, 0) is 55.9 Å². The Bertz CT molecular complexity index is 449. The summed E-state index contributed by atoms with van der Waals surface area (Å²) in [6.07, 6.45) is 19.4. The third kappa shape index (κ3) is 3.60. The maximum atomic E-state index is 4.13. The molecule has 4 aliphatic rings. The average Bonchev–Trinajstić information content (AvgIpc) is 2.58. The highest BCUT2D eigenvalue weighted by Gasteiger charge is 2.46. The molecule has 0 aromatic heterocycles. The summed E-state index contributed by atoms with van der Waals surface area (Å²) in [6.45, 7) is 6.08. The molecule has 0 spiro atoms. The smallest absolute Gasteiger partial charge is 0.0188 e. The number of hydrogen-bond donors (Lipinski definition) is 2. The van der Waals surface area contributed by atoms with E-state index in [4.69, 9.17) is 0 Å². The van der Waals surface area contributed by atoms with Crippen molar-refractivity contribution in [1.29, 1.82) is 0 Å². The van der Waals surface area contributed by atoms with Crippen LogP contribution in [-0.4, -0.2) is 24.7 Å². The summed E-state index contributed by atoms with van der Waals surface area (Å²) in [5.74, 6) is 2.51. The maximum Gasteiger partial charge on any atom is 0.0188 e. The second-order valence-corrected chi connectivity index (χ2v) is 9.90. The first-order chi connectivity index (χ1) is 11.6. The van der Waals surface area contributed by atoms with Crippen LogP contribution in [-0.2, 0) is 0 Å². The fraction of sp³-hybridized carbons (Fsp3) is 0.909. The van der Waals surface area contributed by atoms with E-state index in [9.17, 15) is 0 Å². The molecule has 2 saturated carbocycles. The highest BCUT2D eigenvalue weighted by Crippen LogP contribution is 2.42. The molecule has 2 heteroatoms. The molecule has 2 N–H and O–H groups in total. The van der Waals surface area contributed by atoms with Crippen molar-refractivity contribution in [3.8, 4) is 0 Å². The van der Waals surface area contributed by atoms with Crippen molar-refractivity contribution in [1.82, 2.24) is 10.6 Å². The molecule has 0 bridgehead atoms. The quantitative estimate of drug-likeness (QED) is 0.736. The van der Waals surface area contributed by atoms with Crippen LogP contribution in [0.5, 0.6) is 0 Å². The molecule has 24 heavy (non-hydrogen) atoms. The van der Waals surface area contributed by atoms with E-state index in [1.807, 2.05) is 0 Å². The molecule has 3 aliphatic carbocycles. The Hall–Kier alpha value is -0.340. The highest BCUT2D eigenvalue weighted by molar-refractivity contribution is 5.16. The lowest BCUT2D eigenvalue weighted by atomic mass is 9.64. The lowest BCUT2D eigenvalue weighted by molar-refractivity contribution is 0.0716. The van der Waals surface area contributed by atoms with Gasteiger partial charge in [0.05, 0.1) is 0 Å². The molecular weight excluding hydrogens is 292 g/mol. The molecule has 0 aromatic carbocycles. The van der Waals surface area contributed by atoms with Crippen molar-refractivity contribution in [2.75, 3.05) is 6.54 Å². The minimum atomic E-state index is 0.365. The van der Waals surface area contributed by atoms with Crippen LogP contribution in [0.3, 0.4) is 0 Å². The molecule has 136 valence electrons. The second-order valence-electron chi connectivity index (χ2n) is 9.90. The van der Waals surface area contributed by atoms with Crippen LogP contribution in [0.4, 0.5) is 0 Å². The number of allylic oxidation sites excluding steroid dienone is 1. The van der Waals surface area contributed by atoms with Gasteiger partial charge in [-0.15, -0.1) is 0 Å². The normalized spacial score (nSPS) is 42.3. The van der Waals surface area contributed by atoms with Crippen molar-refractivity contribution in [2.45, 2.75) is 96.2 Å². The van der Waals surface area contributed by atoms with E-state index in [0.29, 0.717) is 17.4 Å². The van der Waals surface area contributed by atoms with Gasteiger partial charge in [0.25, 0.3) is 0 Å². The summed E-state index contributed by atoms with van der Waals surface area (Å²) in [5.41, 5.74) is 0.365. The molecular formula is C22H38N2. The van der Waals surface area contributed by atoms with Crippen molar-refractivity contribution in [2.24, 2.45) is 23.2 Å². The van der Waals surface area contributed by atoms with Gasteiger partial charge in [0.2, 0.25) is 0 Å². The molecule has 1 saturated heterocycles. The maximum absolute atomic E-state index is 4.13. The average molecular weight is 331 g/mol. The van der Waals surface area contributed by atoms with Gasteiger partial charge < -0.3 is 10.6 Å². The first-order valence-electron chi connectivity index (χ1n) is 10.8. The third-order valence-electron chi connectivity index (χ3n) is 7.47. The zero-order valence-electron chi connectivity index (χ0n) is 15.9. The van der Waals surface area contributed by atoms with Crippen molar-refractivity contribution in [3.63, 3.8) is 0 Å². The minimum absolute atomic E-state index is 0.365. The standard InChI is InChI=1S/C22H38N2/c1-22(2)13-12-18-20(14-22)24-19-11-7-6-10-17(19)21(18)23-15-16-8-4-3-5-9-16/h12-13,16-21,23-24H,3-11,14-15H2,1-2H3. The van der Waals surface area contributed by atoms with Gasteiger partial charge in [0.15, 0.2) is 0 Å². The molecule has 4 rings (SSSR count). The van der Waals surface area contributed by atoms with Gasteiger partial charge in [-0.25, -0.2) is 0 Å². The second kappa shape index (κ2) is 7.11. The number of hydrogen-bond acceptors (Lipinski definition) is 2. The fourth-order valence-electron chi connectivity index (χ4n) is 6.15. The van der Waals surface area contributed by atoms with Crippen LogP contribution in [0, 0.1) is 23.2 Å². The Morgan fingerprint density at radius 2 is 1.71 bits per heavy atom. The molecule has 0 amide bonds. The van der Waals surface area contributed by atoms with Gasteiger partial charge in [-0.1, -0.05) is 58.1 Å². The van der Waals surface area contributed by atoms with E-state index in [1.54, 1.807) is 0 Å². The summed E-state index contributed by atoms with van der Waals surface area (Å²) >= 11 is 0. The van der Waals surface area contributed by atoms with Crippen molar-refractivity contribution in [3.05, 3.63) is 12.2 Å². The van der Waals surface area contributed by atoms with Crippen molar-refractivity contribution < 1.29 is 0 Å². The van der Waals surface area contributed by atoms with Gasteiger partial charge in [0.1, 0.15) is 0 Å². The zero-order valence-corrected chi connectivity index (χ0v) is 15.9. The van der Waals surface area contributed by atoms with Gasteiger partial charge in [0, 0.05) is 24.0 Å². The van der Waals surface area contributed by atoms with Crippen molar-refractivity contribution >= 4 is 0 Å². The van der Waals surface area contributed by atoms with Crippen LogP contribution >= 0.6 is 0 Å². The SMILES string of the molecule is CC1(C)C=CC2C(C1)NC1CCCCC1C2NCC1CCCCC1. The Balaban J connectivity index is 1.48. The number of nitrogens with one attached hydrogen (secondary N) is 2. The van der Waals surface area contributed by atoms with Crippen LogP contribution in [0.25, 0.3) is 0 Å². The zero-order chi connectivity index (χ0) is 16.6. The van der Waals surface area contributed by atoms with Gasteiger partial charge in [-0.2, -0.15) is 0 Å². The Morgan fingerprint density at radius 3 is 2.54 bits per heavy atom. The molecule has 1 heterocycles. The van der Waals surface area contributed by atoms with E-state index in [1.165, 1.54) is 70.8 Å². The third-order valence-corrected chi connectivity index (χ3v) is 7.47. The molecule has 0 aromatic rings. The Kier molecular flexibility index (Phi) is 5.07. The molecule has 5 unspecified atom stereocenters. The molecule has 1 aliphatic heterocycles. The summed E-state index contributed by atoms with van der Waals surface area (Å²) in [5, 5.41) is 8.22. The van der Waals surface area contributed by atoms with Crippen LogP contribution in [0.1, 0.15) is 78.1 Å². The Morgan fingerprint density at radius 1 is 0.958 bits per heavy atom. The Labute approximate surface area is 149 Å². The molecule has 5 atom stereocenters.